The molecule has 0 bridgehead atoms. The van der Waals surface area contributed by atoms with Gasteiger partial charge in [-0.15, -0.1) is 0 Å². The van der Waals surface area contributed by atoms with E-state index < -0.39 is 0 Å². The van der Waals surface area contributed by atoms with Gasteiger partial charge in [-0.05, 0) is 6.42 Å². The Bertz CT molecular complexity index is 172. The van der Waals surface area contributed by atoms with Crippen LogP contribution in [0.3, 0.4) is 0 Å². The molecule has 0 heterocycles. The zero-order valence-corrected chi connectivity index (χ0v) is 12.8. The number of hydrogen-bond donors (Lipinski definition) is 0. The normalized spacial score (nSPS) is 10.5. The molecule has 0 aromatic rings. The van der Waals surface area contributed by atoms with Gasteiger partial charge in [0.25, 0.3) is 0 Å². The lowest BCUT2D eigenvalue weighted by atomic mass is 10.1. The van der Waals surface area contributed by atoms with E-state index in [4.69, 9.17) is 0 Å². The maximum absolute atomic E-state index is 10.8. The van der Waals surface area contributed by atoms with E-state index in [9.17, 15) is 4.79 Å². The molecule has 0 fully saturated rings. The van der Waals surface area contributed by atoms with Crippen molar-refractivity contribution in [1.82, 2.24) is 0 Å². The molecule has 0 N–H and O–H groups in total. The van der Waals surface area contributed by atoms with Crippen LogP contribution in [0.4, 0.5) is 0 Å². The molecule has 0 atom stereocenters. The van der Waals surface area contributed by atoms with Crippen LogP contribution >= 0.6 is 16.3 Å². The smallest absolute Gasteiger partial charge is 0.317 e. The van der Waals surface area contributed by atoms with Crippen LogP contribution in [-0.4, -0.2) is 5.97 Å². The van der Waals surface area contributed by atoms with Crippen molar-refractivity contribution in [3.8, 4) is 0 Å². The standard InChI is InChI=1S/C14H27BrO2/c1-2-3-4-5-6-7-8-9-10-11-12-13-14(16)17-15/h2-13H2,1H3. The SMILES string of the molecule is CCCCCCCCCCCCCC(=O)OBr. The highest BCUT2D eigenvalue weighted by Crippen LogP contribution is 2.12. The Morgan fingerprint density at radius 2 is 1.24 bits per heavy atom. The fraction of sp³-hybridized carbons (Fsp3) is 0.929. The van der Waals surface area contributed by atoms with Gasteiger partial charge in [0.05, 0.1) is 0 Å². The minimum atomic E-state index is -0.152. The van der Waals surface area contributed by atoms with E-state index in [-0.39, 0.29) is 5.97 Å². The minimum absolute atomic E-state index is 0.152. The van der Waals surface area contributed by atoms with Crippen molar-refractivity contribution in [3.63, 3.8) is 0 Å². The lowest BCUT2D eigenvalue weighted by molar-refractivity contribution is -0.132. The first-order chi connectivity index (χ1) is 8.31. The number of hydrogen-bond acceptors (Lipinski definition) is 2. The molecule has 0 radical (unpaired) electrons. The Kier molecular flexibility index (Phi) is 14.0. The molecule has 0 spiro atoms. The van der Waals surface area contributed by atoms with Crippen LogP contribution in [0.5, 0.6) is 0 Å². The van der Waals surface area contributed by atoms with Gasteiger partial charge in [-0.25, -0.2) is 0 Å². The van der Waals surface area contributed by atoms with E-state index in [2.05, 4.69) is 27.0 Å². The van der Waals surface area contributed by atoms with E-state index >= 15 is 0 Å². The molecule has 0 amide bonds. The third-order valence-electron chi connectivity index (χ3n) is 3.07. The van der Waals surface area contributed by atoms with Crippen LogP contribution < -0.4 is 0 Å². The summed E-state index contributed by atoms with van der Waals surface area (Å²) in [6, 6.07) is 0. The van der Waals surface area contributed by atoms with Crippen molar-refractivity contribution in [3.05, 3.63) is 0 Å². The van der Waals surface area contributed by atoms with Gasteiger partial charge in [0, 0.05) is 6.42 Å². The van der Waals surface area contributed by atoms with Gasteiger partial charge in [-0.2, -0.15) is 0 Å². The molecule has 2 nitrogen and oxygen atoms in total. The summed E-state index contributed by atoms with van der Waals surface area (Å²) in [5, 5.41) is 0. The molecular formula is C14H27BrO2. The van der Waals surface area contributed by atoms with Gasteiger partial charge in [0.15, 0.2) is 16.3 Å². The first kappa shape index (κ1) is 16.9. The number of carbonyl (C=O) groups is 1. The topological polar surface area (TPSA) is 26.3 Å². The summed E-state index contributed by atoms with van der Waals surface area (Å²) in [5.74, 6) is -0.152. The first-order valence-corrected chi connectivity index (χ1v) is 7.77. The van der Waals surface area contributed by atoms with E-state index in [0.717, 1.165) is 12.8 Å². The fourth-order valence-corrected chi connectivity index (χ4v) is 2.13. The Morgan fingerprint density at radius 1 is 0.824 bits per heavy atom. The largest absolute Gasteiger partial charge is 0.384 e. The van der Waals surface area contributed by atoms with Crippen LogP contribution in [0.15, 0.2) is 0 Å². The van der Waals surface area contributed by atoms with E-state index in [1.807, 2.05) is 0 Å². The summed E-state index contributed by atoms with van der Waals surface area (Å²) in [7, 11) is 0. The van der Waals surface area contributed by atoms with Crippen molar-refractivity contribution < 1.29 is 8.62 Å². The van der Waals surface area contributed by atoms with Crippen LogP contribution in [0.1, 0.15) is 84.0 Å². The minimum Gasteiger partial charge on any atom is -0.384 e. The van der Waals surface area contributed by atoms with Crippen molar-refractivity contribution in [2.24, 2.45) is 0 Å². The highest BCUT2D eigenvalue weighted by molar-refractivity contribution is 9.06. The monoisotopic (exact) mass is 306 g/mol. The number of halogens is 1. The Balaban J connectivity index is 2.96. The Labute approximate surface area is 115 Å². The molecule has 0 aromatic carbocycles. The Morgan fingerprint density at radius 3 is 1.65 bits per heavy atom. The lowest BCUT2D eigenvalue weighted by Gasteiger charge is -2.02. The van der Waals surface area contributed by atoms with Crippen LogP contribution in [0.2, 0.25) is 0 Å². The second-order valence-electron chi connectivity index (χ2n) is 4.73. The highest BCUT2D eigenvalue weighted by atomic mass is 79.9. The van der Waals surface area contributed by atoms with Crippen LogP contribution in [0, 0.1) is 0 Å². The summed E-state index contributed by atoms with van der Waals surface area (Å²) in [5.41, 5.74) is 0. The van der Waals surface area contributed by atoms with E-state index in [1.54, 1.807) is 0 Å². The maximum atomic E-state index is 10.8. The van der Waals surface area contributed by atoms with E-state index in [1.165, 1.54) is 57.8 Å². The predicted molar refractivity (Wildman–Crippen MR) is 76.1 cm³/mol. The number of unbranched alkanes of at least 4 members (excludes halogenated alkanes) is 10. The zero-order valence-electron chi connectivity index (χ0n) is 11.2. The third kappa shape index (κ3) is 13.9. The summed E-state index contributed by atoms with van der Waals surface area (Å²) < 4.78 is 4.42. The molecule has 17 heavy (non-hydrogen) atoms. The van der Waals surface area contributed by atoms with Gasteiger partial charge in [0.2, 0.25) is 0 Å². The number of rotatable bonds is 12. The molecule has 3 heteroatoms. The summed E-state index contributed by atoms with van der Waals surface area (Å²) in [6.45, 7) is 2.26. The maximum Gasteiger partial charge on any atom is 0.317 e. The fourth-order valence-electron chi connectivity index (χ4n) is 1.97. The molecule has 0 aliphatic carbocycles. The number of carbonyl (C=O) groups excluding carboxylic acids is 1. The first-order valence-electron chi connectivity index (χ1n) is 7.12. The molecule has 0 aromatic heterocycles. The quantitative estimate of drug-likeness (QED) is 0.442. The summed E-state index contributed by atoms with van der Waals surface area (Å²) >= 11 is 2.69. The van der Waals surface area contributed by atoms with Gasteiger partial charge >= 0.3 is 5.97 Å². The van der Waals surface area contributed by atoms with Crippen molar-refractivity contribution >= 4 is 22.2 Å². The average Bonchev–Trinajstić information content (AvgIpc) is 2.35. The summed E-state index contributed by atoms with van der Waals surface area (Å²) in [6.07, 6.45) is 14.9. The van der Waals surface area contributed by atoms with Gasteiger partial charge in [-0.3, -0.25) is 4.79 Å². The Hall–Kier alpha value is -0.0500. The van der Waals surface area contributed by atoms with E-state index in [0.29, 0.717) is 6.42 Å². The second-order valence-corrected chi connectivity index (χ2v) is 5.06. The lowest BCUT2D eigenvalue weighted by Crippen LogP contribution is -1.95. The predicted octanol–water partition coefficient (Wildman–Crippen LogP) is 5.54. The second kappa shape index (κ2) is 14.0. The molecular weight excluding hydrogens is 280 g/mol. The molecule has 0 saturated carbocycles. The van der Waals surface area contributed by atoms with Crippen LogP contribution in [0.25, 0.3) is 0 Å². The molecule has 0 rings (SSSR count). The molecule has 0 unspecified atom stereocenters. The zero-order chi connectivity index (χ0) is 12.8. The van der Waals surface area contributed by atoms with Gasteiger partial charge < -0.3 is 3.83 Å². The van der Waals surface area contributed by atoms with Crippen molar-refractivity contribution in [2.45, 2.75) is 84.0 Å². The van der Waals surface area contributed by atoms with Gasteiger partial charge in [0.1, 0.15) is 0 Å². The van der Waals surface area contributed by atoms with Crippen molar-refractivity contribution in [2.75, 3.05) is 0 Å². The van der Waals surface area contributed by atoms with Crippen molar-refractivity contribution in [1.29, 1.82) is 0 Å². The highest BCUT2D eigenvalue weighted by Gasteiger charge is 2.00. The van der Waals surface area contributed by atoms with Crippen LogP contribution in [-0.2, 0) is 8.62 Å². The molecule has 102 valence electrons. The molecule has 0 saturated heterocycles. The third-order valence-corrected chi connectivity index (χ3v) is 3.43. The average molecular weight is 307 g/mol. The molecule has 0 aliphatic heterocycles. The molecule has 0 aliphatic rings. The van der Waals surface area contributed by atoms with Gasteiger partial charge in [-0.1, -0.05) is 71.1 Å². The summed E-state index contributed by atoms with van der Waals surface area (Å²) in [4.78, 5) is 10.8.